The number of carbonyl (C=O) groups is 1. The molecule has 0 aliphatic carbocycles. The van der Waals surface area contributed by atoms with E-state index in [1.165, 1.54) is 22.5 Å². The first kappa shape index (κ1) is 25.0. The van der Waals surface area contributed by atoms with Gasteiger partial charge >= 0.3 is 0 Å². The molecule has 1 aromatic heterocycles. The van der Waals surface area contributed by atoms with Crippen molar-refractivity contribution in [3.8, 4) is 17.2 Å². The number of methoxy groups -OCH3 is 1. The van der Waals surface area contributed by atoms with Gasteiger partial charge in [0.2, 0.25) is 0 Å². The summed E-state index contributed by atoms with van der Waals surface area (Å²) < 4.78 is 12.4. The zero-order valence-corrected chi connectivity index (χ0v) is 21.0. The Labute approximate surface area is 213 Å². The fraction of sp³-hybridized carbons (Fsp3) is 0.185. The average molecular weight is 503 g/mol. The largest absolute Gasteiger partial charge is 0.493 e. The number of nitrogens with zero attached hydrogens (tertiary/aromatic N) is 3. The molecule has 0 unspecified atom stereocenters. The average Bonchev–Trinajstić information content (AvgIpc) is 2.89. The van der Waals surface area contributed by atoms with Gasteiger partial charge in [0.05, 0.1) is 42.3 Å². The van der Waals surface area contributed by atoms with Crippen LogP contribution in [0.3, 0.4) is 0 Å². The van der Waals surface area contributed by atoms with Crippen molar-refractivity contribution in [1.29, 1.82) is 0 Å². The van der Waals surface area contributed by atoms with Crippen LogP contribution in [0.2, 0.25) is 0 Å². The summed E-state index contributed by atoms with van der Waals surface area (Å²) in [5, 5.41) is 4.98. The van der Waals surface area contributed by atoms with E-state index in [-0.39, 0.29) is 17.2 Å². The lowest BCUT2D eigenvalue weighted by molar-refractivity contribution is -0.118. The van der Waals surface area contributed by atoms with Crippen molar-refractivity contribution < 1.29 is 14.3 Å². The van der Waals surface area contributed by atoms with E-state index < -0.39 is 0 Å². The summed E-state index contributed by atoms with van der Waals surface area (Å²) in [7, 11) is 1.56. The second-order valence-corrected chi connectivity index (χ2v) is 8.76. The normalized spacial score (nSPS) is 11.1. The topological polar surface area (TPSA) is 94.8 Å². The van der Waals surface area contributed by atoms with Gasteiger partial charge in [0.1, 0.15) is 0 Å². The predicted molar refractivity (Wildman–Crippen MR) is 143 cm³/mol. The van der Waals surface area contributed by atoms with Crippen LogP contribution < -0.4 is 20.5 Å². The fourth-order valence-electron chi connectivity index (χ4n) is 3.51. The Balaban J connectivity index is 1.50. The molecule has 1 N–H and O–H groups in total. The summed E-state index contributed by atoms with van der Waals surface area (Å²) in [6, 6.07) is 20.2. The fourth-order valence-corrected chi connectivity index (χ4v) is 4.32. The number of ether oxygens (including phenoxy) is 2. The molecule has 8 nitrogen and oxygen atoms in total. The lowest BCUT2D eigenvalue weighted by Crippen LogP contribution is -2.24. The quantitative estimate of drug-likeness (QED) is 0.158. The molecule has 0 spiro atoms. The van der Waals surface area contributed by atoms with E-state index in [9.17, 15) is 9.59 Å². The Morgan fingerprint density at radius 1 is 1.11 bits per heavy atom. The van der Waals surface area contributed by atoms with Gasteiger partial charge in [-0.25, -0.2) is 10.4 Å². The predicted octanol–water partition coefficient (Wildman–Crippen LogP) is 4.34. The lowest BCUT2D eigenvalue weighted by Gasteiger charge is -2.13. The second-order valence-electron chi connectivity index (χ2n) is 7.81. The number of nitrogens with one attached hydrogen (secondary N) is 1. The first-order valence-corrected chi connectivity index (χ1v) is 12.3. The van der Waals surface area contributed by atoms with Gasteiger partial charge < -0.3 is 9.47 Å². The molecule has 0 fully saturated rings. The standard InChI is InChI=1S/C27H26N4O4S/c1-4-35-23-14-11-19(15-24(23)34-3)16-28-30-25(32)17-36-27-29-22-8-6-5-7-21(22)26(33)31(27)20-12-9-18(2)10-13-20/h5-16H,4,17H2,1-3H3,(H,30,32)/b28-16+. The van der Waals surface area contributed by atoms with E-state index in [4.69, 9.17) is 9.47 Å². The Morgan fingerprint density at radius 2 is 1.89 bits per heavy atom. The van der Waals surface area contributed by atoms with E-state index in [2.05, 4.69) is 15.5 Å². The van der Waals surface area contributed by atoms with Crippen molar-refractivity contribution in [3.05, 3.63) is 88.2 Å². The van der Waals surface area contributed by atoms with Crippen molar-refractivity contribution in [2.24, 2.45) is 5.10 Å². The Morgan fingerprint density at radius 3 is 2.64 bits per heavy atom. The molecule has 1 amide bonds. The van der Waals surface area contributed by atoms with Crippen LogP contribution in [-0.4, -0.2) is 41.1 Å². The third-order valence-corrected chi connectivity index (χ3v) is 6.20. The second kappa shape index (κ2) is 11.5. The van der Waals surface area contributed by atoms with Crippen molar-refractivity contribution in [3.63, 3.8) is 0 Å². The SMILES string of the molecule is CCOc1ccc(/C=N/NC(=O)CSc2nc3ccccc3c(=O)n2-c2ccc(C)cc2)cc1OC. The molecule has 0 aliphatic rings. The molecule has 0 atom stereocenters. The molecule has 4 rings (SSSR count). The van der Waals surface area contributed by atoms with E-state index in [0.717, 1.165) is 11.1 Å². The molecule has 0 radical (unpaired) electrons. The first-order chi connectivity index (χ1) is 17.5. The van der Waals surface area contributed by atoms with Crippen LogP contribution >= 0.6 is 11.8 Å². The molecular weight excluding hydrogens is 476 g/mol. The zero-order chi connectivity index (χ0) is 25.5. The number of rotatable bonds is 9. The van der Waals surface area contributed by atoms with E-state index in [1.54, 1.807) is 31.4 Å². The number of hydrazone groups is 1. The maximum Gasteiger partial charge on any atom is 0.266 e. The van der Waals surface area contributed by atoms with Gasteiger partial charge in [-0.2, -0.15) is 5.10 Å². The van der Waals surface area contributed by atoms with Crippen LogP contribution in [0.15, 0.2) is 81.8 Å². The minimum Gasteiger partial charge on any atom is -0.493 e. The maximum atomic E-state index is 13.3. The van der Waals surface area contributed by atoms with Gasteiger partial charge in [-0.1, -0.05) is 41.6 Å². The summed E-state index contributed by atoms with van der Waals surface area (Å²) >= 11 is 1.17. The summed E-state index contributed by atoms with van der Waals surface area (Å²) in [5.74, 6) is 0.923. The van der Waals surface area contributed by atoms with E-state index in [1.807, 2.05) is 56.3 Å². The molecular formula is C27H26N4O4S. The van der Waals surface area contributed by atoms with Gasteiger partial charge in [0.15, 0.2) is 16.7 Å². The van der Waals surface area contributed by atoms with Crippen LogP contribution in [0.4, 0.5) is 0 Å². The van der Waals surface area contributed by atoms with Crippen molar-refractivity contribution in [1.82, 2.24) is 15.0 Å². The third-order valence-electron chi connectivity index (χ3n) is 5.26. The Kier molecular flexibility index (Phi) is 8.02. The number of hydrogen-bond acceptors (Lipinski definition) is 7. The molecule has 0 saturated heterocycles. The highest BCUT2D eigenvalue weighted by molar-refractivity contribution is 7.99. The lowest BCUT2D eigenvalue weighted by atomic mass is 10.2. The highest BCUT2D eigenvalue weighted by Gasteiger charge is 2.14. The molecule has 9 heteroatoms. The minimum absolute atomic E-state index is 0.0284. The number of aryl methyl sites for hydroxylation is 1. The van der Waals surface area contributed by atoms with Crippen molar-refractivity contribution in [2.75, 3.05) is 19.5 Å². The highest BCUT2D eigenvalue weighted by atomic mass is 32.2. The number of fused-ring (bicyclic) bond motifs is 1. The smallest absolute Gasteiger partial charge is 0.266 e. The summed E-state index contributed by atoms with van der Waals surface area (Å²) in [5.41, 5.74) is 5.43. The number of carbonyl (C=O) groups excluding carboxylic acids is 1. The Hall–Kier alpha value is -4.11. The van der Waals surface area contributed by atoms with Gasteiger partial charge in [-0.15, -0.1) is 0 Å². The van der Waals surface area contributed by atoms with Crippen molar-refractivity contribution >= 4 is 34.8 Å². The van der Waals surface area contributed by atoms with E-state index >= 15 is 0 Å². The molecule has 4 aromatic rings. The molecule has 0 aliphatic heterocycles. The van der Waals surface area contributed by atoms with Crippen LogP contribution in [0, 0.1) is 6.92 Å². The summed E-state index contributed by atoms with van der Waals surface area (Å²) in [6.07, 6.45) is 1.53. The zero-order valence-electron chi connectivity index (χ0n) is 20.2. The van der Waals surface area contributed by atoms with Crippen LogP contribution in [0.25, 0.3) is 16.6 Å². The molecule has 3 aromatic carbocycles. The van der Waals surface area contributed by atoms with Gasteiger partial charge in [-0.3, -0.25) is 14.2 Å². The van der Waals surface area contributed by atoms with Crippen LogP contribution in [-0.2, 0) is 4.79 Å². The monoisotopic (exact) mass is 502 g/mol. The number of aromatic nitrogens is 2. The molecule has 36 heavy (non-hydrogen) atoms. The van der Waals surface area contributed by atoms with Crippen LogP contribution in [0.5, 0.6) is 11.5 Å². The third kappa shape index (κ3) is 5.75. The molecule has 1 heterocycles. The van der Waals surface area contributed by atoms with Crippen molar-refractivity contribution in [2.45, 2.75) is 19.0 Å². The van der Waals surface area contributed by atoms with Gasteiger partial charge in [0.25, 0.3) is 11.5 Å². The molecule has 0 saturated carbocycles. The molecule has 0 bridgehead atoms. The first-order valence-electron chi connectivity index (χ1n) is 11.3. The van der Waals surface area contributed by atoms with Gasteiger partial charge in [0, 0.05) is 0 Å². The number of hydrogen-bond donors (Lipinski definition) is 1. The number of benzene rings is 3. The van der Waals surface area contributed by atoms with Gasteiger partial charge in [-0.05, 0) is 61.9 Å². The number of para-hydroxylation sites is 1. The number of amides is 1. The highest BCUT2D eigenvalue weighted by Crippen LogP contribution is 2.27. The van der Waals surface area contributed by atoms with E-state index in [0.29, 0.717) is 39.9 Å². The summed E-state index contributed by atoms with van der Waals surface area (Å²) in [4.78, 5) is 30.5. The summed E-state index contributed by atoms with van der Waals surface area (Å²) in [6.45, 7) is 4.41. The number of thioether (sulfide) groups is 1. The molecule has 184 valence electrons. The minimum atomic E-state index is -0.327. The van der Waals surface area contributed by atoms with Crippen LogP contribution in [0.1, 0.15) is 18.1 Å². The Bertz CT molecular complexity index is 1470. The maximum absolute atomic E-state index is 13.3.